The Kier molecular flexibility index (Phi) is 5.28. The van der Waals surface area contributed by atoms with Gasteiger partial charge >= 0.3 is 18.9 Å². The van der Waals surface area contributed by atoms with Gasteiger partial charge in [-0.1, -0.05) is 18.4 Å². The summed E-state index contributed by atoms with van der Waals surface area (Å²) in [7, 11) is 0. The van der Waals surface area contributed by atoms with E-state index in [1.807, 2.05) is 20.8 Å². The Morgan fingerprint density at radius 1 is 1.50 bits per heavy atom. The summed E-state index contributed by atoms with van der Waals surface area (Å²) < 4.78 is 0. The number of hydrogen-bond acceptors (Lipinski definition) is 3. The van der Waals surface area contributed by atoms with Crippen molar-refractivity contribution in [1.82, 2.24) is 15.3 Å². The fourth-order valence-corrected chi connectivity index (χ4v) is 1.20. The molecule has 0 aliphatic carbocycles. The van der Waals surface area contributed by atoms with Crippen LogP contribution in [0.2, 0.25) is 0 Å². The van der Waals surface area contributed by atoms with E-state index in [-0.39, 0.29) is 24.4 Å². The minimum atomic E-state index is -0.0433. The molecule has 1 heterocycles. The predicted molar refractivity (Wildman–Crippen MR) is 55.5 cm³/mol. The molecule has 1 rings (SSSR count). The summed E-state index contributed by atoms with van der Waals surface area (Å²) in [5.74, 6) is 0. The number of aromatic nitrogens is 2. The standard InChI is InChI=1S/C9H12N3S.Li/c1-9(2,3)12-8(13)7-6-10-4-5-11-7;/h5-6H,1-3H3,(H,12,13);/q-1;+1. The van der Waals surface area contributed by atoms with E-state index >= 15 is 0 Å². The van der Waals surface area contributed by atoms with Crippen LogP contribution in [0, 0.1) is 6.20 Å². The third-order valence-electron chi connectivity index (χ3n) is 1.24. The fourth-order valence-electron chi connectivity index (χ4n) is 0.785. The van der Waals surface area contributed by atoms with Crippen LogP contribution in [0.5, 0.6) is 0 Å². The maximum absolute atomic E-state index is 5.14. The van der Waals surface area contributed by atoms with E-state index in [4.69, 9.17) is 12.2 Å². The fraction of sp³-hybridized carbons (Fsp3) is 0.444. The van der Waals surface area contributed by atoms with Gasteiger partial charge in [0.25, 0.3) is 0 Å². The van der Waals surface area contributed by atoms with E-state index in [0.29, 0.717) is 10.7 Å². The molecule has 0 bridgehead atoms. The van der Waals surface area contributed by atoms with E-state index in [0.717, 1.165) is 0 Å². The minimum absolute atomic E-state index is 0. The normalized spacial score (nSPS) is 10.2. The van der Waals surface area contributed by atoms with Crippen molar-refractivity contribution in [3.8, 4) is 0 Å². The zero-order valence-electron chi connectivity index (χ0n) is 8.96. The first kappa shape index (κ1) is 13.6. The number of nitrogens with zero attached hydrogens (tertiary/aromatic N) is 2. The van der Waals surface area contributed by atoms with Crippen molar-refractivity contribution in [3.63, 3.8) is 0 Å². The van der Waals surface area contributed by atoms with Crippen LogP contribution in [0.15, 0.2) is 12.4 Å². The molecule has 0 unspecified atom stereocenters. The Hall–Kier alpha value is -0.433. The van der Waals surface area contributed by atoms with Crippen LogP contribution in [-0.2, 0) is 0 Å². The molecule has 1 N–H and O–H groups in total. The molecule has 0 saturated carbocycles. The van der Waals surface area contributed by atoms with Crippen molar-refractivity contribution in [2.75, 3.05) is 0 Å². The van der Waals surface area contributed by atoms with Crippen molar-refractivity contribution in [3.05, 3.63) is 24.3 Å². The molecular formula is C9H12LiN3S. The van der Waals surface area contributed by atoms with E-state index in [1.54, 1.807) is 6.20 Å². The largest absolute Gasteiger partial charge is 1.00 e. The second-order valence-corrected chi connectivity index (χ2v) is 4.14. The zero-order chi connectivity index (χ0) is 9.90. The Morgan fingerprint density at radius 2 is 2.14 bits per heavy atom. The molecule has 3 nitrogen and oxygen atoms in total. The van der Waals surface area contributed by atoms with Gasteiger partial charge < -0.3 is 10.3 Å². The first-order valence-corrected chi connectivity index (χ1v) is 4.40. The van der Waals surface area contributed by atoms with Crippen LogP contribution in [-0.4, -0.2) is 20.5 Å². The van der Waals surface area contributed by atoms with Crippen LogP contribution in [0.3, 0.4) is 0 Å². The van der Waals surface area contributed by atoms with Crippen LogP contribution in [0.4, 0.5) is 0 Å². The summed E-state index contributed by atoms with van der Waals surface area (Å²) in [6, 6.07) is 0. The molecule has 0 saturated heterocycles. The first-order chi connectivity index (χ1) is 5.99. The van der Waals surface area contributed by atoms with Gasteiger partial charge in [-0.15, -0.1) is 6.20 Å². The van der Waals surface area contributed by atoms with Gasteiger partial charge in [-0.3, -0.25) is 4.98 Å². The number of nitrogens with one attached hydrogen (secondary N) is 1. The summed E-state index contributed by atoms with van der Waals surface area (Å²) in [6.45, 7) is 6.13. The molecule has 1 aromatic rings. The first-order valence-electron chi connectivity index (χ1n) is 4.00. The summed E-state index contributed by atoms with van der Waals surface area (Å²) in [6.07, 6.45) is 5.71. The third kappa shape index (κ3) is 4.71. The molecule has 5 heteroatoms. The topological polar surface area (TPSA) is 37.8 Å². The quantitative estimate of drug-likeness (QED) is 0.335. The second kappa shape index (κ2) is 5.45. The molecule has 0 aromatic carbocycles. The van der Waals surface area contributed by atoms with Crippen LogP contribution in [0.1, 0.15) is 26.5 Å². The maximum atomic E-state index is 5.14. The molecule has 0 radical (unpaired) electrons. The Bertz CT molecular complexity index is 295. The van der Waals surface area contributed by atoms with Crippen LogP contribution >= 0.6 is 12.2 Å². The van der Waals surface area contributed by atoms with Crippen molar-refractivity contribution >= 4 is 17.2 Å². The number of rotatable bonds is 1. The predicted octanol–water partition coefficient (Wildman–Crippen LogP) is -1.66. The SMILES string of the molecule is CC(C)(C)NC(=S)c1cn[c-]cn1.[Li+]. The van der Waals surface area contributed by atoms with Crippen molar-refractivity contribution < 1.29 is 18.9 Å². The zero-order valence-corrected chi connectivity index (χ0v) is 9.77. The van der Waals surface area contributed by atoms with Crippen LogP contribution < -0.4 is 24.2 Å². The van der Waals surface area contributed by atoms with Gasteiger partial charge in [0, 0.05) is 11.2 Å². The Morgan fingerprint density at radius 3 is 2.57 bits per heavy atom. The summed E-state index contributed by atoms with van der Waals surface area (Å²) in [4.78, 5) is 8.48. The number of hydrogen-bond donors (Lipinski definition) is 1. The molecule has 70 valence electrons. The molecule has 0 amide bonds. The van der Waals surface area contributed by atoms with Crippen molar-refractivity contribution in [2.24, 2.45) is 0 Å². The van der Waals surface area contributed by atoms with Crippen molar-refractivity contribution in [2.45, 2.75) is 26.3 Å². The maximum Gasteiger partial charge on any atom is 1.00 e. The summed E-state index contributed by atoms with van der Waals surface area (Å²) >= 11 is 5.14. The summed E-state index contributed by atoms with van der Waals surface area (Å²) in [5.41, 5.74) is 0.641. The third-order valence-corrected chi connectivity index (χ3v) is 1.56. The smallest absolute Gasteiger partial charge is 0.455 e. The second-order valence-electron chi connectivity index (χ2n) is 3.73. The van der Waals surface area contributed by atoms with Gasteiger partial charge in [0.05, 0.1) is 0 Å². The molecule has 0 fully saturated rings. The molecular weight excluding hydrogens is 189 g/mol. The van der Waals surface area contributed by atoms with Gasteiger partial charge in [0.2, 0.25) is 0 Å². The van der Waals surface area contributed by atoms with Gasteiger partial charge in [-0.25, -0.2) is 0 Å². The van der Waals surface area contributed by atoms with E-state index in [9.17, 15) is 0 Å². The minimum Gasteiger partial charge on any atom is -0.455 e. The molecule has 0 aliphatic heterocycles. The Balaban J connectivity index is 0.00000169. The molecule has 0 atom stereocenters. The van der Waals surface area contributed by atoms with Crippen LogP contribution in [0.25, 0.3) is 0 Å². The van der Waals surface area contributed by atoms with Gasteiger partial charge in [0.15, 0.2) is 0 Å². The van der Waals surface area contributed by atoms with E-state index in [2.05, 4.69) is 21.5 Å². The Labute approximate surface area is 102 Å². The van der Waals surface area contributed by atoms with Gasteiger partial charge in [0.1, 0.15) is 4.99 Å². The molecule has 1 aromatic heterocycles. The van der Waals surface area contributed by atoms with Gasteiger partial charge in [-0.05, 0) is 27.0 Å². The molecule has 0 spiro atoms. The molecule has 14 heavy (non-hydrogen) atoms. The number of thiocarbonyl (C=S) groups is 1. The molecule has 0 aliphatic rings. The average molecular weight is 201 g/mol. The van der Waals surface area contributed by atoms with Gasteiger partial charge in [-0.2, -0.15) is 0 Å². The monoisotopic (exact) mass is 201 g/mol. The van der Waals surface area contributed by atoms with E-state index in [1.165, 1.54) is 6.20 Å². The summed E-state index contributed by atoms with van der Waals surface area (Å²) in [5, 5.41) is 3.15. The van der Waals surface area contributed by atoms with Crippen molar-refractivity contribution in [1.29, 1.82) is 0 Å². The van der Waals surface area contributed by atoms with E-state index < -0.39 is 0 Å². The average Bonchev–Trinajstić information content (AvgIpc) is 2.03.